The lowest BCUT2D eigenvalue weighted by Gasteiger charge is -2.30. The van der Waals surface area contributed by atoms with Gasteiger partial charge < -0.3 is 4.90 Å². The lowest BCUT2D eigenvalue weighted by molar-refractivity contribution is -0.119. The third-order valence-electron chi connectivity index (χ3n) is 7.26. The summed E-state index contributed by atoms with van der Waals surface area (Å²) in [6.45, 7) is 1.35. The molecule has 178 valence electrons. The van der Waals surface area contributed by atoms with Crippen LogP contribution in [0.3, 0.4) is 0 Å². The van der Waals surface area contributed by atoms with Crippen LogP contribution in [0.25, 0.3) is 10.9 Å². The van der Waals surface area contributed by atoms with Crippen molar-refractivity contribution in [1.29, 1.82) is 0 Å². The number of nitrogens with zero attached hydrogens (tertiary/aromatic N) is 3. The van der Waals surface area contributed by atoms with E-state index < -0.39 is 0 Å². The second kappa shape index (κ2) is 9.82. The number of fused-ring (bicyclic) bond motifs is 2. The molecule has 0 spiro atoms. The lowest BCUT2D eigenvalue weighted by atomic mass is 9.85. The van der Waals surface area contributed by atoms with E-state index in [1.54, 1.807) is 0 Å². The Kier molecular flexibility index (Phi) is 6.08. The highest BCUT2D eigenvalue weighted by molar-refractivity contribution is 5.94. The Morgan fingerprint density at radius 3 is 2.25 bits per heavy atom. The topological polar surface area (TPSA) is 38.1 Å². The summed E-state index contributed by atoms with van der Waals surface area (Å²) in [7, 11) is 0. The van der Waals surface area contributed by atoms with E-state index >= 15 is 0 Å². The molecular formula is C32H29N3O. The number of hydrogen-bond acceptors (Lipinski definition) is 2. The largest absolute Gasteiger partial charge is 0.308 e. The highest BCUT2D eigenvalue weighted by Gasteiger charge is 2.26. The number of benzene rings is 4. The molecule has 1 aliphatic heterocycles. The van der Waals surface area contributed by atoms with E-state index in [0.29, 0.717) is 13.0 Å². The van der Waals surface area contributed by atoms with Crippen LogP contribution < -0.4 is 4.90 Å². The molecule has 5 aromatic rings. The number of para-hydroxylation sites is 1. The number of anilines is 1. The first kappa shape index (κ1) is 22.3. The van der Waals surface area contributed by atoms with Gasteiger partial charge in [0.1, 0.15) is 0 Å². The Balaban J connectivity index is 1.32. The summed E-state index contributed by atoms with van der Waals surface area (Å²) in [6.07, 6.45) is 4.22. The number of rotatable bonds is 5. The first-order valence-corrected chi connectivity index (χ1v) is 12.7. The van der Waals surface area contributed by atoms with Gasteiger partial charge in [0.05, 0.1) is 24.8 Å². The van der Waals surface area contributed by atoms with Gasteiger partial charge in [-0.15, -0.1) is 0 Å². The van der Waals surface area contributed by atoms with Crippen LogP contribution in [0.2, 0.25) is 0 Å². The molecule has 36 heavy (non-hydrogen) atoms. The Morgan fingerprint density at radius 2 is 1.47 bits per heavy atom. The van der Waals surface area contributed by atoms with Gasteiger partial charge in [0.25, 0.3) is 0 Å². The molecule has 0 fully saturated rings. The molecule has 1 aliphatic rings. The van der Waals surface area contributed by atoms with Gasteiger partial charge in [0, 0.05) is 17.5 Å². The van der Waals surface area contributed by atoms with E-state index in [1.807, 2.05) is 41.4 Å². The second-order valence-corrected chi connectivity index (χ2v) is 9.64. The molecule has 0 saturated carbocycles. The minimum Gasteiger partial charge on any atom is -0.308 e. The maximum Gasteiger partial charge on any atom is 0.227 e. The monoisotopic (exact) mass is 471 g/mol. The Bertz CT molecular complexity index is 1490. The quantitative estimate of drug-likeness (QED) is 0.285. The molecule has 0 aliphatic carbocycles. The normalized spacial score (nSPS) is 15.9. The molecule has 1 atom stereocenters. The summed E-state index contributed by atoms with van der Waals surface area (Å²) in [5, 5.41) is 5.81. The third kappa shape index (κ3) is 4.55. The van der Waals surface area contributed by atoms with Crippen LogP contribution >= 0.6 is 0 Å². The maximum absolute atomic E-state index is 13.5. The molecule has 0 bridgehead atoms. The van der Waals surface area contributed by atoms with Gasteiger partial charge >= 0.3 is 0 Å². The van der Waals surface area contributed by atoms with E-state index in [4.69, 9.17) is 0 Å². The summed E-state index contributed by atoms with van der Waals surface area (Å²) in [6, 6.07) is 35.8. The summed E-state index contributed by atoms with van der Waals surface area (Å²) in [4.78, 5) is 15.4. The summed E-state index contributed by atoms with van der Waals surface area (Å²) >= 11 is 0. The number of amides is 1. The van der Waals surface area contributed by atoms with E-state index in [9.17, 15) is 4.79 Å². The van der Waals surface area contributed by atoms with Gasteiger partial charge in [0.2, 0.25) is 5.91 Å². The van der Waals surface area contributed by atoms with Crippen molar-refractivity contribution in [2.45, 2.75) is 38.3 Å². The molecule has 4 heteroatoms. The fraction of sp³-hybridized carbons (Fsp3) is 0.188. The van der Waals surface area contributed by atoms with Crippen molar-refractivity contribution in [2.24, 2.45) is 0 Å². The molecule has 0 saturated heterocycles. The molecule has 2 heterocycles. The van der Waals surface area contributed by atoms with Crippen molar-refractivity contribution in [3.05, 3.63) is 132 Å². The lowest BCUT2D eigenvalue weighted by Crippen LogP contribution is -2.33. The first-order chi connectivity index (χ1) is 17.7. The molecular weight excluding hydrogens is 442 g/mol. The van der Waals surface area contributed by atoms with Gasteiger partial charge in [-0.3, -0.25) is 9.48 Å². The van der Waals surface area contributed by atoms with Gasteiger partial charge in [-0.1, -0.05) is 91.0 Å². The average Bonchev–Trinajstić information content (AvgIpc) is 3.32. The summed E-state index contributed by atoms with van der Waals surface area (Å²) in [5.74, 6) is 0.463. The zero-order valence-electron chi connectivity index (χ0n) is 20.3. The van der Waals surface area contributed by atoms with Crippen molar-refractivity contribution >= 4 is 22.5 Å². The average molecular weight is 472 g/mol. The first-order valence-electron chi connectivity index (χ1n) is 12.7. The highest BCUT2D eigenvalue weighted by Crippen LogP contribution is 2.35. The van der Waals surface area contributed by atoms with Gasteiger partial charge in [-0.05, 0) is 53.1 Å². The summed E-state index contributed by atoms with van der Waals surface area (Å²) < 4.78 is 2.08. The van der Waals surface area contributed by atoms with Crippen molar-refractivity contribution in [3.63, 3.8) is 0 Å². The highest BCUT2D eigenvalue weighted by atomic mass is 16.2. The van der Waals surface area contributed by atoms with Crippen LogP contribution in [0.4, 0.5) is 5.69 Å². The van der Waals surface area contributed by atoms with Crippen LogP contribution in [-0.4, -0.2) is 15.7 Å². The molecule has 4 nitrogen and oxygen atoms in total. The standard InChI is InChI=1S/C32H29N3O/c36-32-18-17-26(19-28-13-7-8-14-30(28)34(32)22-24-9-3-1-4-10-24)27-15-16-29-21-33-35(31(29)20-27)23-25-11-5-2-6-12-25/h1-16,20-21,26H,17-19,22-23H2. The van der Waals surface area contributed by atoms with E-state index in [0.717, 1.165) is 41.5 Å². The Morgan fingerprint density at radius 1 is 0.778 bits per heavy atom. The molecule has 0 N–H and O–H groups in total. The predicted molar refractivity (Wildman–Crippen MR) is 145 cm³/mol. The van der Waals surface area contributed by atoms with Crippen molar-refractivity contribution in [2.75, 3.05) is 4.90 Å². The third-order valence-corrected chi connectivity index (χ3v) is 7.26. The van der Waals surface area contributed by atoms with Crippen LogP contribution in [0.15, 0.2) is 109 Å². The number of hydrogen-bond donors (Lipinski definition) is 0. The van der Waals surface area contributed by atoms with E-state index in [-0.39, 0.29) is 11.8 Å². The SMILES string of the molecule is O=C1CCC(c2ccc3cnn(Cc4ccccc4)c3c2)Cc2ccccc2N1Cc1ccccc1. The van der Waals surface area contributed by atoms with Gasteiger partial charge in [-0.2, -0.15) is 5.10 Å². The van der Waals surface area contributed by atoms with Crippen molar-refractivity contribution in [1.82, 2.24) is 9.78 Å². The molecule has 4 aromatic carbocycles. The minimum atomic E-state index is 0.186. The molecule has 6 rings (SSSR count). The van der Waals surface area contributed by atoms with Gasteiger partial charge in [-0.25, -0.2) is 0 Å². The number of carbonyl (C=O) groups is 1. The van der Waals surface area contributed by atoms with E-state index in [1.165, 1.54) is 16.7 Å². The van der Waals surface area contributed by atoms with Crippen LogP contribution in [0.1, 0.15) is 41.0 Å². The zero-order valence-corrected chi connectivity index (χ0v) is 20.3. The molecule has 1 unspecified atom stereocenters. The molecule has 0 radical (unpaired) electrons. The Labute approximate surface area is 211 Å². The smallest absolute Gasteiger partial charge is 0.227 e. The number of aromatic nitrogens is 2. The zero-order chi connectivity index (χ0) is 24.3. The molecule has 1 aromatic heterocycles. The fourth-order valence-corrected chi connectivity index (χ4v) is 5.33. The van der Waals surface area contributed by atoms with Crippen molar-refractivity contribution < 1.29 is 4.79 Å². The maximum atomic E-state index is 13.5. The second-order valence-electron chi connectivity index (χ2n) is 9.64. The van der Waals surface area contributed by atoms with Crippen LogP contribution in [0.5, 0.6) is 0 Å². The summed E-state index contributed by atoms with van der Waals surface area (Å²) in [5.41, 5.74) is 7.06. The number of carbonyl (C=O) groups excluding carboxylic acids is 1. The minimum absolute atomic E-state index is 0.186. The van der Waals surface area contributed by atoms with E-state index in [2.05, 4.69) is 82.6 Å². The van der Waals surface area contributed by atoms with Gasteiger partial charge in [0.15, 0.2) is 0 Å². The van der Waals surface area contributed by atoms with Crippen LogP contribution in [0, 0.1) is 0 Å². The molecule has 1 amide bonds. The Hall–Kier alpha value is -4.18. The predicted octanol–water partition coefficient (Wildman–Crippen LogP) is 6.74. The fourth-order valence-electron chi connectivity index (χ4n) is 5.33. The van der Waals surface area contributed by atoms with Crippen molar-refractivity contribution in [3.8, 4) is 0 Å². The van der Waals surface area contributed by atoms with Crippen LogP contribution in [-0.2, 0) is 24.3 Å².